The van der Waals surface area contributed by atoms with Crippen LogP contribution in [0.25, 0.3) is 0 Å². The van der Waals surface area contributed by atoms with Crippen molar-refractivity contribution < 1.29 is 4.79 Å². The van der Waals surface area contributed by atoms with Crippen LogP contribution < -0.4 is 0 Å². The van der Waals surface area contributed by atoms with Gasteiger partial charge in [0.05, 0.1) is 15.4 Å². The van der Waals surface area contributed by atoms with Gasteiger partial charge in [-0.3, -0.25) is 4.79 Å². The summed E-state index contributed by atoms with van der Waals surface area (Å²) in [6.07, 6.45) is 0. The maximum Gasteiger partial charge on any atom is 0.206 e. The Balaban J connectivity index is 2.97. The molecule has 0 unspecified atom stereocenters. The third-order valence-corrected chi connectivity index (χ3v) is 3.39. The lowest BCUT2D eigenvalue weighted by molar-refractivity contribution is 0.102. The van der Waals surface area contributed by atoms with Gasteiger partial charge in [0, 0.05) is 0 Å². The van der Waals surface area contributed by atoms with E-state index in [1.54, 1.807) is 0 Å². The minimum absolute atomic E-state index is 0.000602. The zero-order valence-corrected chi connectivity index (χ0v) is 8.89. The summed E-state index contributed by atoms with van der Waals surface area (Å²) in [5.41, 5.74) is 0.837. The molecule has 1 heterocycles. The molecule has 0 aromatic carbocycles. The number of nitrogens with zero attached hydrogens (tertiary/aromatic N) is 1. The smallest absolute Gasteiger partial charge is 0.206 e. The summed E-state index contributed by atoms with van der Waals surface area (Å²) in [6, 6.07) is 0. The molecule has 1 aromatic rings. The largest absolute Gasteiger partial charge is 0.290 e. The van der Waals surface area contributed by atoms with E-state index in [2.05, 4.69) is 20.9 Å². The zero-order valence-electron chi connectivity index (χ0n) is 5.73. The van der Waals surface area contributed by atoms with Crippen LogP contribution in [0, 0.1) is 6.92 Å². The van der Waals surface area contributed by atoms with Gasteiger partial charge < -0.3 is 0 Å². The standard InChI is InChI=1S/C6H5BrClNOS/c1-3-5(7)11-6(9-3)4(10)2-8/h2H2,1H3. The first-order valence-corrected chi connectivity index (χ1v) is 5.01. The summed E-state index contributed by atoms with van der Waals surface area (Å²) in [5.74, 6) is -0.121. The normalized spacial score (nSPS) is 10.1. The van der Waals surface area contributed by atoms with Gasteiger partial charge in [-0.1, -0.05) is 0 Å². The van der Waals surface area contributed by atoms with E-state index in [4.69, 9.17) is 11.6 Å². The molecule has 0 saturated heterocycles. The summed E-state index contributed by atoms with van der Waals surface area (Å²) >= 11 is 9.94. The van der Waals surface area contributed by atoms with E-state index in [9.17, 15) is 4.79 Å². The fourth-order valence-corrected chi connectivity index (χ4v) is 2.04. The number of halogens is 2. The first kappa shape index (κ1) is 9.16. The number of aryl methyl sites for hydroxylation is 1. The average Bonchev–Trinajstić information content (AvgIpc) is 2.31. The highest BCUT2D eigenvalue weighted by Gasteiger charge is 2.11. The van der Waals surface area contributed by atoms with Crippen LogP contribution in [-0.4, -0.2) is 16.6 Å². The van der Waals surface area contributed by atoms with Crippen molar-refractivity contribution in [2.45, 2.75) is 6.92 Å². The van der Waals surface area contributed by atoms with Crippen LogP contribution in [-0.2, 0) is 0 Å². The van der Waals surface area contributed by atoms with Gasteiger partial charge in [-0.2, -0.15) is 0 Å². The van der Waals surface area contributed by atoms with E-state index in [0.29, 0.717) is 5.01 Å². The van der Waals surface area contributed by atoms with Crippen LogP contribution in [0.3, 0.4) is 0 Å². The molecule has 11 heavy (non-hydrogen) atoms. The third kappa shape index (κ3) is 2.01. The second-order valence-electron chi connectivity index (χ2n) is 1.93. The molecular weight excluding hydrogens is 249 g/mol. The summed E-state index contributed by atoms with van der Waals surface area (Å²) in [5, 5.41) is 0.476. The number of aromatic nitrogens is 1. The molecule has 0 N–H and O–H groups in total. The van der Waals surface area contributed by atoms with Crippen LogP contribution in [0.4, 0.5) is 0 Å². The molecule has 0 atom stereocenters. The fourth-order valence-electron chi connectivity index (χ4n) is 0.554. The van der Waals surface area contributed by atoms with Gasteiger partial charge in [-0.25, -0.2) is 4.98 Å². The molecule has 0 radical (unpaired) electrons. The molecule has 0 amide bonds. The van der Waals surface area contributed by atoms with Crippen molar-refractivity contribution in [1.82, 2.24) is 4.98 Å². The molecule has 60 valence electrons. The van der Waals surface area contributed by atoms with E-state index in [-0.39, 0.29) is 11.7 Å². The van der Waals surface area contributed by atoms with Crippen molar-refractivity contribution in [3.63, 3.8) is 0 Å². The van der Waals surface area contributed by atoms with Gasteiger partial charge >= 0.3 is 0 Å². The SMILES string of the molecule is Cc1nc(C(=O)CCl)sc1Br. The molecule has 2 nitrogen and oxygen atoms in total. The van der Waals surface area contributed by atoms with Crippen LogP contribution >= 0.6 is 38.9 Å². The van der Waals surface area contributed by atoms with E-state index in [1.165, 1.54) is 11.3 Å². The Kier molecular flexibility index (Phi) is 3.04. The Bertz CT molecular complexity index is 267. The Morgan fingerprint density at radius 2 is 2.45 bits per heavy atom. The molecule has 1 rings (SSSR count). The molecular formula is C6H5BrClNOS. The highest BCUT2D eigenvalue weighted by atomic mass is 79.9. The third-order valence-electron chi connectivity index (χ3n) is 1.10. The highest BCUT2D eigenvalue weighted by molar-refractivity contribution is 9.11. The average molecular weight is 255 g/mol. The van der Waals surface area contributed by atoms with Crippen LogP contribution in [0.1, 0.15) is 15.5 Å². The lowest BCUT2D eigenvalue weighted by atomic mass is 10.5. The van der Waals surface area contributed by atoms with E-state index in [0.717, 1.165) is 9.48 Å². The van der Waals surface area contributed by atoms with Gasteiger partial charge in [0.1, 0.15) is 0 Å². The van der Waals surface area contributed by atoms with Crippen LogP contribution in [0.2, 0.25) is 0 Å². The van der Waals surface area contributed by atoms with Crippen molar-refractivity contribution in [3.05, 3.63) is 14.5 Å². The molecule has 0 aliphatic carbocycles. The van der Waals surface area contributed by atoms with Gasteiger partial charge in [-0.05, 0) is 22.9 Å². The first-order chi connectivity index (χ1) is 5.15. The van der Waals surface area contributed by atoms with Crippen LogP contribution in [0.5, 0.6) is 0 Å². The minimum atomic E-state index is -0.120. The Morgan fingerprint density at radius 1 is 1.82 bits per heavy atom. The summed E-state index contributed by atoms with van der Waals surface area (Å²) in [7, 11) is 0. The maximum atomic E-state index is 11.0. The molecule has 0 spiro atoms. The van der Waals surface area contributed by atoms with Crippen LogP contribution in [0.15, 0.2) is 3.79 Å². The Labute approximate surface area is 81.7 Å². The van der Waals surface area contributed by atoms with Crippen molar-refractivity contribution >= 4 is 44.7 Å². The van der Waals surface area contributed by atoms with E-state index in [1.807, 2.05) is 6.92 Å². The number of rotatable bonds is 2. The monoisotopic (exact) mass is 253 g/mol. The number of Topliss-reactive ketones (excluding diaryl/α,β-unsaturated/α-hetero) is 1. The number of ketones is 1. The van der Waals surface area contributed by atoms with Gasteiger partial charge in [0.25, 0.3) is 0 Å². The summed E-state index contributed by atoms with van der Waals surface area (Å²) in [6.45, 7) is 1.84. The second kappa shape index (κ2) is 3.65. The number of hydrogen-bond donors (Lipinski definition) is 0. The van der Waals surface area contributed by atoms with Gasteiger partial charge in [0.2, 0.25) is 5.78 Å². The van der Waals surface area contributed by atoms with Crippen molar-refractivity contribution in [3.8, 4) is 0 Å². The predicted molar refractivity (Wildman–Crippen MR) is 49.6 cm³/mol. The fraction of sp³-hybridized carbons (Fsp3) is 0.333. The molecule has 0 saturated carbocycles. The number of carbonyl (C=O) groups is 1. The quantitative estimate of drug-likeness (QED) is 0.600. The maximum absolute atomic E-state index is 11.0. The molecule has 0 bridgehead atoms. The van der Waals surface area contributed by atoms with E-state index < -0.39 is 0 Å². The van der Waals surface area contributed by atoms with E-state index >= 15 is 0 Å². The van der Waals surface area contributed by atoms with Crippen molar-refractivity contribution in [2.24, 2.45) is 0 Å². The lowest BCUT2D eigenvalue weighted by Crippen LogP contribution is -1.98. The molecule has 5 heteroatoms. The number of hydrogen-bond acceptors (Lipinski definition) is 3. The van der Waals surface area contributed by atoms with Crippen molar-refractivity contribution in [2.75, 3.05) is 5.88 Å². The number of alkyl halides is 1. The molecule has 0 aliphatic heterocycles. The predicted octanol–water partition coefficient (Wildman–Crippen LogP) is 2.64. The zero-order chi connectivity index (χ0) is 8.43. The Hall–Kier alpha value is 0.0700. The number of carbonyl (C=O) groups excluding carboxylic acids is 1. The van der Waals surface area contributed by atoms with Gasteiger partial charge in [-0.15, -0.1) is 22.9 Å². The summed E-state index contributed by atoms with van der Waals surface area (Å²) in [4.78, 5) is 15.0. The molecule has 0 fully saturated rings. The van der Waals surface area contributed by atoms with Crippen molar-refractivity contribution in [1.29, 1.82) is 0 Å². The second-order valence-corrected chi connectivity index (χ2v) is 4.52. The molecule has 1 aromatic heterocycles. The summed E-state index contributed by atoms with van der Waals surface area (Å²) < 4.78 is 0.894. The first-order valence-electron chi connectivity index (χ1n) is 2.87. The minimum Gasteiger partial charge on any atom is -0.290 e. The number of thiazole rings is 1. The molecule has 0 aliphatic rings. The van der Waals surface area contributed by atoms with Gasteiger partial charge in [0.15, 0.2) is 5.01 Å². The Morgan fingerprint density at radius 3 is 2.82 bits per heavy atom. The topological polar surface area (TPSA) is 30.0 Å². The lowest BCUT2D eigenvalue weighted by Gasteiger charge is -1.84. The highest BCUT2D eigenvalue weighted by Crippen LogP contribution is 2.24.